The predicted octanol–water partition coefficient (Wildman–Crippen LogP) is 0.455. The number of H-pyrrole nitrogens is 1. The molecule has 1 aliphatic carbocycles. The van der Waals surface area contributed by atoms with Crippen molar-refractivity contribution >= 4 is 0 Å². The smallest absolute Gasteiger partial charge is 0.315 e. The second-order valence-electron chi connectivity index (χ2n) is 4.78. The molecule has 0 radical (unpaired) electrons. The molecule has 0 aliphatic heterocycles. The van der Waals surface area contributed by atoms with Crippen LogP contribution >= 0.6 is 0 Å². The Bertz CT molecular complexity index is 503. The van der Waals surface area contributed by atoms with Crippen molar-refractivity contribution in [3.8, 4) is 0 Å². The maximum absolute atomic E-state index is 13.0. The molecule has 2 rings (SSSR count). The van der Waals surface area contributed by atoms with Gasteiger partial charge in [0.25, 0.3) is 5.56 Å². The molecule has 2 N–H and O–H groups in total. The van der Waals surface area contributed by atoms with Crippen LogP contribution in [0.15, 0.2) is 15.8 Å². The number of aromatic amines is 1. The average molecular weight is 255 g/mol. The molecular formula is C12H18FN3O2. The number of nitrogens with one attached hydrogen (secondary N) is 2. The van der Waals surface area contributed by atoms with Gasteiger partial charge in [-0.25, -0.2) is 4.79 Å². The van der Waals surface area contributed by atoms with E-state index in [4.69, 9.17) is 0 Å². The van der Waals surface area contributed by atoms with Gasteiger partial charge in [-0.05, 0) is 25.3 Å². The highest BCUT2D eigenvalue weighted by molar-refractivity contribution is 4.87. The van der Waals surface area contributed by atoms with Crippen molar-refractivity contribution < 1.29 is 4.39 Å². The van der Waals surface area contributed by atoms with E-state index in [2.05, 4.69) is 5.32 Å². The van der Waals surface area contributed by atoms with Gasteiger partial charge in [-0.2, -0.15) is 4.39 Å². The second-order valence-corrected chi connectivity index (χ2v) is 4.78. The van der Waals surface area contributed by atoms with Crippen molar-refractivity contribution in [1.82, 2.24) is 14.9 Å². The summed E-state index contributed by atoms with van der Waals surface area (Å²) in [5.74, 6) is -0.195. The van der Waals surface area contributed by atoms with E-state index in [0.29, 0.717) is 13.1 Å². The molecule has 5 nitrogen and oxygen atoms in total. The Labute approximate surface area is 104 Å². The normalized spacial score (nSPS) is 16.3. The maximum atomic E-state index is 13.0. The van der Waals surface area contributed by atoms with E-state index in [1.807, 2.05) is 4.98 Å². The Hall–Kier alpha value is -1.43. The SMILES string of the molecule is O=c1[nH]c(=O)n(CCNCC2CCCC2)cc1F. The summed E-state index contributed by atoms with van der Waals surface area (Å²) < 4.78 is 14.2. The highest BCUT2D eigenvalue weighted by Crippen LogP contribution is 2.23. The Morgan fingerprint density at radius 2 is 2.11 bits per heavy atom. The third-order valence-corrected chi connectivity index (χ3v) is 3.40. The fourth-order valence-corrected chi connectivity index (χ4v) is 2.37. The van der Waals surface area contributed by atoms with E-state index in [0.717, 1.165) is 18.7 Å². The molecular weight excluding hydrogens is 237 g/mol. The van der Waals surface area contributed by atoms with Crippen molar-refractivity contribution in [3.05, 3.63) is 32.9 Å². The molecule has 0 amide bonds. The molecule has 6 heteroatoms. The molecule has 0 atom stereocenters. The first-order valence-corrected chi connectivity index (χ1v) is 6.37. The molecule has 18 heavy (non-hydrogen) atoms. The zero-order chi connectivity index (χ0) is 13.0. The van der Waals surface area contributed by atoms with E-state index in [9.17, 15) is 14.0 Å². The number of rotatable bonds is 5. The summed E-state index contributed by atoms with van der Waals surface area (Å²) in [7, 11) is 0. The van der Waals surface area contributed by atoms with E-state index in [-0.39, 0.29) is 0 Å². The summed E-state index contributed by atoms with van der Waals surface area (Å²) >= 11 is 0. The van der Waals surface area contributed by atoms with Crippen LogP contribution in [0.3, 0.4) is 0 Å². The van der Waals surface area contributed by atoms with Crippen LogP contribution in [-0.4, -0.2) is 22.6 Å². The topological polar surface area (TPSA) is 66.9 Å². The van der Waals surface area contributed by atoms with Crippen LogP contribution in [0.1, 0.15) is 25.7 Å². The Balaban J connectivity index is 1.81. The highest BCUT2D eigenvalue weighted by Gasteiger charge is 2.13. The van der Waals surface area contributed by atoms with Gasteiger partial charge in [0, 0.05) is 13.1 Å². The fourth-order valence-electron chi connectivity index (χ4n) is 2.37. The number of aromatic nitrogens is 2. The first kappa shape index (κ1) is 13.0. The third-order valence-electron chi connectivity index (χ3n) is 3.40. The van der Waals surface area contributed by atoms with Crippen LogP contribution in [0.25, 0.3) is 0 Å². The standard InChI is InChI=1S/C12H18FN3O2/c13-10-8-16(12(18)15-11(10)17)6-5-14-7-9-3-1-2-4-9/h8-9,14H,1-7H2,(H,15,17,18). The molecule has 0 saturated heterocycles. The van der Waals surface area contributed by atoms with Gasteiger partial charge in [0.15, 0.2) is 0 Å². The van der Waals surface area contributed by atoms with Crippen LogP contribution in [0.4, 0.5) is 4.39 Å². The molecule has 1 aromatic heterocycles. The molecule has 0 bridgehead atoms. The van der Waals surface area contributed by atoms with Gasteiger partial charge < -0.3 is 5.32 Å². The lowest BCUT2D eigenvalue weighted by atomic mass is 10.1. The van der Waals surface area contributed by atoms with Gasteiger partial charge in [-0.15, -0.1) is 0 Å². The summed E-state index contributed by atoms with van der Waals surface area (Å²) in [4.78, 5) is 24.1. The maximum Gasteiger partial charge on any atom is 0.328 e. The molecule has 1 heterocycles. The summed E-state index contributed by atoms with van der Waals surface area (Å²) in [5, 5.41) is 3.26. The van der Waals surface area contributed by atoms with Crippen LogP contribution in [0.2, 0.25) is 0 Å². The van der Waals surface area contributed by atoms with Gasteiger partial charge in [-0.3, -0.25) is 14.3 Å². The molecule has 1 aromatic rings. The zero-order valence-corrected chi connectivity index (χ0v) is 10.2. The number of hydrogen-bond donors (Lipinski definition) is 2. The summed E-state index contributed by atoms with van der Waals surface area (Å²) in [6.45, 7) is 1.90. The average Bonchev–Trinajstić information content (AvgIpc) is 2.84. The lowest BCUT2D eigenvalue weighted by molar-refractivity contribution is 0.467. The first-order valence-electron chi connectivity index (χ1n) is 6.37. The molecule has 0 spiro atoms. The summed E-state index contributed by atoms with van der Waals surface area (Å²) in [6, 6.07) is 0. The van der Waals surface area contributed by atoms with Crippen LogP contribution in [0.5, 0.6) is 0 Å². The van der Waals surface area contributed by atoms with Crippen molar-refractivity contribution in [2.45, 2.75) is 32.2 Å². The highest BCUT2D eigenvalue weighted by atomic mass is 19.1. The minimum absolute atomic E-state index is 0.360. The van der Waals surface area contributed by atoms with Crippen LogP contribution in [0, 0.1) is 11.7 Å². The molecule has 1 fully saturated rings. The largest absolute Gasteiger partial charge is 0.328 e. The van der Waals surface area contributed by atoms with E-state index in [1.165, 1.54) is 30.3 Å². The van der Waals surface area contributed by atoms with Crippen molar-refractivity contribution in [2.24, 2.45) is 5.92 Å². The first-order chi connectivity index (χ1) is 8.66. The van der Waals surface area contributed by atoms with Crippen molar-refractivity contribution in [3.63, 3.8) is 0 Å². The minimum atomic E-state index is -0.963. The number of hydrogen-bond acceptors (Lipinski definition) is 3. The number of halogens is 1. The number of nitrogens with zero attached hydrogens (tertiary/aromatic N) is 1. The zero-order valence-electron chi connectivity index (χ0n) is 10.2. The van der Waals surface area contributed by atoms with Crippen molar-refractivity contribution in [2.75, 3.05) is 13.1 Å². The van der Waals surface area contributed by atoms with Gasteiger partial charge in [-0.1, -0.05) is 12.8 Å². The molecule has 0 aromatic carbocycles. The summed E-state index contributed by atoms with van der Waals surface area (Å²) in [5.41, 5.74) is -1.53. The van der Waals surface area contributed by atoms with Crippen molar-refractivity contribution in [1.29, 1.82) is 0 Å². The fraction of sp³-hybridized carbons (Fsp3) is 0.667. The quantitative estimate of drug-likeness (QED) is 0.751. The molecule has 0 unspecified atom stereocenters. The summed E-state index contributed by atoms with van der Waals surface area (Å²) in [6.07, 6.45) is 6.09. The van der Waals surface area contributed by atoms with E-state index >= 15 is 0 Å². The van der Waals surface area contributed by atoms with Gasteiger partial charge in [0.05, 0.1) is 6.20 Å². The van der Waals surface area contributed by atoms with Gasteiger partial charge in [0.1, 0.15) is 0 Å². The van der Waals surface area contributed by atoms with E-state index in [1.54, 1.807) is 0 Å². The van der Waals surface area contributed by atoms with Crippen LogP contribution in [-0.2, 0) is 6.54 Å². The second kappa shape index (κ2) is 5.95. The van der Waals surface area contributed by atoms with Gasteiger partial charge in [0.2, 0.25) is 5.82 Å². The minimum Gasteiger partial charge on any atom is -0.315 e. The third kappa shape index (κ3) is 3.29. The monoisotopic (exact) mass is 255 g/mol. The Morgan fingerprint density at radius 3 is 2.83 bits per heavy atom. The Kier molecular flexibility index (Phi) is 4.30. The van der Waals surface area contributed by atoms with Crippen LogP contribution < -0.4 is 16.6 Å². The van der Waals surface area contributed by atoms with Gasteiger partial charge >= 0.3 is 5.69 Å². The Morgan fingerprint density at radius 1 is 1.39 bits per heavy atom. The van der Waals surface area contributed by atoms with E-state index < -0.39 is 17.1 Å². The lowest BCUT2D eigenvalue weighted by Crippen LogP contribution is -2.34. The molecule has 100 valence electrons. The molecule has 1 aliphatic rings. The predicted molar refractivity (Wildman–Crippen MR) is 66.1 cm³/mol. The lowest BCUT2D eigenvalue weighted by Gasteiger charge is -2.11. The molecule has 1 saturated carbocycles.